The molecule has 1 aromatic carbocycles. The molecule has 0 N–H and O–H groups in total. The third-order valence-electron chi connectivity index (χ3n) is 5.27. The standard InChI is InChI=1S/C18H27N3O5S/c1-14-11-19(12-15(2)26-14)13-16-7-9-20(10-8-16)27(24,25)18-5-3-17(4-6-18)21(22)23/h3-6,14-16H,7-13H2,1-2H3. The summed E-state index contributed by atoms with van der Waals surface area (Å²) in [4.78, 5) is 12.7. The lowest BCUT2D eigenvalue weighted by molar-refractivity contribution is -0.384. The molecule has 3 rings (SSSR count). The van der Waals surface area contributed by atoms with Crippen molar-refractivity contribution in [3.05, 3.63) is 34.4 Å². The fourth-order valence-corrected chi connectivity index (χ4v) is 5.49. The molecular formula is C18H27N3O5S. The topological polar surface area (TPSA) is 93.0 Å². The lowest BCUT2D eigenvalue weighted by Gasteiger charge is -2.39. The summed E-state index contributed by atoms with van der Waals surface area (Å²) in [6.07, 6.45) is 2.12. The molecule has 2 heterocycles. The second kappa shape index (κ2) is 8.22. The molecule has 8 nitrogen and oxygen atoms in total. The molecule has 0 bridgehead atoms. The minimum Gasteiger partial charge on any atom is -0.373 e. The summed E-state index contributed by atoms with van der Waals surface area (Å²) >= 11 is 0. The van der Waals surface area contributed by atoms with E-state index >= 15 is 0 Å². The van der Waals surface area contributed by atoms with Crippen LogP contribution in [0.4, 0.5) is 5.69 Å². The van der Waals surface area contributed by atoms with Gasteiger partial charge in [0.1, 0.15) is 0 Å². The average Bonchev–Trinajstić information content (AvgIpc) is 2.61. The number of morpholine rings is 1. The van der Waals surface area contributed by atoms with Gasteiger partial charge in [0.25, 0.3) is 5.69 Å². The predicted octanol–water partition coefficient (Wildman–Crippen LogP) is 2.10. The van der Waals surface area contributed by atoms with Gasteiger partial charge in [0.2, 0.25) is 10.0 Å². The fourth-order valence-electron chi connectivity index (χ4n) is 4.02. The highest BCUT2D eigenvalue weighted by Gasteiger charge is 2.31. The number of piperidine rings is 1. The summed E-state index contributed by atoms with van der Waals surface area (Å²) in [5.74, 6) is 0.478. The van der Waals surface area contributed by atoms with E-state index in [4.69, 9.17) is 4.74 Å². The Labute approximate surface area is 160 Å². The third-order valence-corrected chi connectivity index (χ3v) is 7.18. The molecular weight excluding hydrogens is 370 g/mol. The van der Waals surface area contributed by atoms with Crippen LogP contribution in [0.2, 0.25) is 0 Å². The maximum Gasteiger partial charge on any atom is 0.269 e. The molecule has 2 saturated heterocycles. The van der Waals surface area contributed by atoms with Gasteiger partial charge < -0.3 is 4.74 Å². The van der Waals surface area contributed by atoms with Crippen molar-refractivity contribution in [3.8, 4) is 0 Å². The summed E-state index contributed by atoms with van der Waals surface area (Å²) in [5.41, 5.74) is -0.110. The van der Waals surface area contributed by atoms with E-state index in [1.54, 1.807) is 0 Å². The Kier molecular flexibility index (Phi) is 6.15. The van der Waals surface area contributed by atoms with Crippen LogP contribution in [0.15, 0.2) is 29.2 Å². The number of nitro groups is 1. The number of nitro benzene ring substituents is 1. The van der Waals surface area contributed by atoms with E-state index in [9.17, 15) is 18.5 Å². The van der Waals surface area contributed by atoms with Gasteiger partial charge in [-0.05, 0) is 44.7 Å². The van der Waals surface area contributed by atoms with Crippen LogP contribution < -0.4 is 0 Å². The number of non-ortho nitro benzene ring substituents is 1. The molecule has 2 atom stereocenters. The minimum absolute atomic E-state index is 0.110. The first-order valence-electron chi connectivity index (χ1n) is 9.38. The molecule has 0 radical (unpaired) electrons. The maximum atomic E-state index is 12.8. The third kappa shape index (κ3) is 4.84. The number of nitrogens with zero attached hydrogens (tertiary/aromatic N) is 3. The first kappa shape index (κ1) is 20.2. The second-order valence-corrected chi connectivity index (χ2v) is 9.51. The first-order chi connectivity index (χ1) is 12.8. The second-order valence-electron chi connectivity index (χ2n) is 7.57. The normalized spacial score (nSPS) is 26.1. The Bertz CT molecular complexity index is 750. The minimum atomic E-state index is -3.60. The number of ether oxygens (including phenoxy) is 1. The van der Waals surface area contributed by atoms with E-state index in [2.05, 4.69) is 18.7 Å². The molecule has 0 aliphatic carbocycles. The summed E-state index contributed by atoms with van der Waals surface area (Å²) in [5, 5.41) is 10.7. The molecule has 1 aromatic rings. The van der Waals surface area contributed by atoms with Crippen LogP contribution in [-0.2, 0) is 14.8 Å². The zero-order valence-corrected chi connectivity index (χ0v) is 16.6. The summed E-state index contributed by atoms with van der Waals surface area (Å²) < 4.78 is 32.8. The van der Waals surface area contributed by atoms with Crippen molar-refractivity contribution < 1.29 is 18.1 Å². The van der Waals surface area contributed by atoms with Crippen molar-refractivity contribution in [2.24, 2.45) is 5.92 Å². The van der Waals surface area contributed by atoms with Gasteiger partial charge >= 0.3 is 0 Å². The molecule has 2 fully saturated rings. The van der Waals surface area contributed by atoms with Gasteiger partial charge in [-0.2, -0.15) is 4.31 Å². The number of sulfonamides is 1. The van der Waals surface area contributed by atoms with E-state index in [-0.39, 0.29) is 22.8 Å². The molecule has 2 unspecified atom stereocenters. The molecule has 150 valence electrons. The van der Waals surface area contributed by atoms with Crippen LogP contribution in [0.1, 0.15) is 26.7 Å². The largest absolute Gasteiger partial charge is 0.373 e. The van der Waals surface area contributed by atoms with Gasteiger partial charge in [0.15, 0.2) is 0 Å². The zero-order valence-electron chi connectivity index (χ0n) is 15.8. The van der Waals surface area contributed by atoms with Crippen LogP contribution in [0.3, 0.4) is 0 Å². The smallest absolute Gasteiger partial charge is 0.269 e. The van der Waals surface area contributed by atoms with Gasteiger partial charge in [0, 0.05) is 44.9 Å². The first-order valence-corrected chi connectivity index (χ1v) is 10.8. The summed E-state index contributed by atoms with van der Waals surface area (Å²) in [6.45, 7) is 7.96. The summed E-state index contributed by atoms with van der Waals surface area (Å²) in [6, 6.07) is 5.10. The molecule has 2 aliphatic heterocycles. The molecule has 9 heteroatoms. The van der Waals surface area contributed by atoms with Gasteiger partial charge in [-0.1, -0.05) is 0 Å². The van der Waals surface area contributed by atoms with E-state index in [1.165, 1.54) is 28.6 Å². The van der Waals surface area contributed by atoms with Gasteiger partial charge in [0.05, 0.1) is 22.0 Å². The molecule has 0 saturated carbocycles. The predicted molar refractivity (Wildman–Crippen MR) is 101 cm³/mol. The lowest BCUT2D eigenvalue weighted by Crippen LogP contribution is -2.48. The average molecular weight is 397 g/mol. The molecule has 0 aromatic heterocycles. The van der Waals surface area contributed by atoms with E-state index in [0.29, 0.717) is 19.0 Å². The van der Waals surface area contributed by atoms with Crippen LogP contribution in [0.25, 0.3) is 0 Å². The fraction of sp³-hybridized carbons (Fsp3) is 0.667. The zero-order chi connectivity index (χ0) is 19.6. The van der Waals surface area contributed by atoms with Gasteiger partial charge in [-0.25, -0.2) is 8.42 Å². The van der Waals surface area contributed by atoms with E-state index in [1.807, 2.05) is 0 Å². The van der Waals surface area contributed by atoms with Crippen LogP contribution >= 0.6 is 0 Å². The van der Waals surface area contributed by atoms with Gasteiger partial charge in [-0.3, -0.25) is 15.0 Å². The highest BCUT2D eigenvalue weighted by molar-refractivity contribution is 7.89. The van der Waals surface area contributed by atoms with Crippen molar-refractivity contribution >= 4 is 15.7 Å². The number of hydrogen-bond donors (Lipinski definition) is 0. The van der Waals surface area contributed by atoms with Crippen molar-refractivity contribution in [1.29, 1.82) is 0 Å². The highest BCUT2D eigenvalue weighted by Crippen LogP contribution is 2.26. The SMILES string of the molecule is CC1CN(CC2CCN(S(=O)(=O)c3ccc([N+](=O)[O-])cc3)CC2)CC(C)O1. The van der Waals surface area contributed by atoms with Crippen LogP contribution in [-0.4, -0.2) is 67.5 Å². The van der Waals surface area contributed by atoms with Crippen LogP contribution in [0.5, 0.6) is 0 Å². The van der Waals surface area contributed by atoms with E-state index < -0.39 is 14.9 Å². The Morgan fingerprint density at radius 1 is 1.11 bits per heavy atom. The monoisotopic (exact) mass is 397 g/mol. The molecule has 27 heavy (non-hydrogen) atoms. The molecule has 0 amide bonds. The lowest BCUT2D eigenvalue weighted by atomic mass is 9.97. The van der Waals surface area contributed by atoms with Crippen molar-refractivity contribution in [1.82, 2.24) is 9.21 Å². The van der Waals surface area contributed by atoms with Gasteiger partial charge in [-0.15, -0.1) is 0 Å². The van der Waals surface area contributed by atoms with Crippen molar-refractivity contribution in [2.75, 3.05) is 32.7 Å². The molecule has 0 spiro atoms. The van der Waals surface area contributed by atoms with E-state index in [0.717, 1.165) is 32.5 Å². The molecule has 2 aliphatic rings. The quantitative estimate of drug-likeness (QED) is 0.558. The maximum absolute atomic E-state index is 12.8. The number of rotatable bonds is 5. The Hall–Kier alpha value is -1.55. The van der Waals surface area contributed by atoms with Crippen molar-refractivity contribution in [2.45, 2.75) is 43.8 Å². The Morgan fingerprint density at radius 3 is 2.19 bits per heavy atom. The number of benzene rings is 1. The summed E-state index contributed by atoms with van der Waals surface area (Å²) in [7, 11) is -3.60. The number of hydrogen-bond acceptors (Lipinski definition) is 6. The Balaban J connectivity index is 1.57. The van der Waals surface area contributed by atoms with Crippen LogP contribution in [0, 0.1) is 16.0 Å². The Morgan fingerprint density at radius 2 is 1.67 bits per heavy atom. The highest BCUT2D eigenvalue weighted by atomic mass is 32.2. The van der Waals surface area contributed by atoms with Crippen molar-refractivity contribution in [3.63, 3.8) is 0 Å².